The first-order chi connectivity index (χ1) is 10.4. The summed E-state index contributed by atoms with van der Waals surface area (Å²) in [6, 6.07) is 0. The fraction of sp³-hybridized carbons (Fsp3) is 0.750. The average Bonchev–Trinajstić information content (AvgIpc) is 2.56. The Morgan fingerprint density at radius 2 is 2.05 bits per heavy atom. The van der Waals surface area contributed by atoms with E-state index in [1.165, 1.54) is 12.8 Å². The van der Waals surface area contributed by atoms with E-state index in [0.717, 1.165) is 50.7 Å². The van der Waals surface area contributed by atoms with Gasteiger partial charge in [-0.2, -0.15) is 0 Å². The number of piperidine rings is 1. The molecule has 3 rings (SSSR count). The second-order valence-corrected chi connectivity index (χ2v) is 5.94. The van der Waals surface area contributed by atoms with Crippen molar-refractivity contribution >= 4 is 0 Å². The highest BCUT2D eigenvalue weighted by molar-refractivity contribution is 5.25. The lowest BCUT2D eigenvalue weighted by molar-refractivity contribution is -0.0179. The first-order valence-electron chi connectivity index (χ1n) is 8.07. The molecule has 1 unspecified atom stereocenters. The molecule has 5 heteroatoms. The van der Waals surface area contributed by atoms with E-state index in [1.807, 2.05) is 6.08 Å². The summed E-state index contributed by atoms with van der Waals surface area (Å²) in [5.41, 5.74) is 5.73. The molecular weight excluding hydrogens is 268 g/mol. The molecule has 0 amide bonds. The third-order valence-electron chi connectivity index (χ3n) is 4.52. The van der Waals surface area contributed by atoms with E-state index in [0.29, 0.717) is 19.1 Å². The van der Waals surface area contributed by atoms with Gasteiger partial charge in [0.05, 0.1) is 6.61 Å². The van der Waals surface area contributed by atoms with Crippen molar-refractivity contribution < 1.29 is 14.2 Å². The van der Waals surface area contributed by atoms with Gasteiger partial charge in [0.2, 0.25) is 0 Å². The number of hydrogen-bond acceptors (Lipinski definition) is 5. The van der Waals surface area contributed by atoms with Gasteiger partial charge >= 0.3 is 0 Å². The quantitative estimate of drug-likeness (QED) is 0.827. The molecule has 3 aliphatic rings. The molecule has 21 heavy (non-hydrogen) atoms. The van der Waals surface area contributed by atoms with Crippen molar-refractivity contribution in [3.63, 3.8) is 0 Å². The molecule has 1 atom stereocenters. The Kier molecular flexibility index (Phi) is 5.17. The number of allylic oxidation sites excluding steroid dienone is 1. The minimum absolute atomic E-state index is 0.0203. The monoisotopic (exact) mass is 294 g/mol. The van der Waals surface area contributed by atoms with Crippen molar-refractivity contribution in [1.29, 1.82) is 0 Å². The van der Waals surface area contributed by atoms with E-state index in [4.69, 9.17) is 19.9 Å². The highest BCUT2D eigenvalue weighted by atomic mass is 16.6. The Morgan fingerprint density at radius 1 is 1.24 bits per heavy atom. The summed E-state index contributed by atoms with van der Waals surface area (Å²) in [5, 5.41) is 0. The van der Waals surface area contributed by atoms with Crippen LogP contribution in [-0.4, -0.2) is 57.0 Å². The van der Waals surface area contributed by atoms with E-state index >= 15 is 0 Å². The Morgan fingerprint density at radius 3 is 2.86 bits per heavy atom. The minimum atomic E-state index is 0.0203. The zero-order valence-corrected chi connectivity index (χ0v) is 12.6. The molecule has 0 saturated carbocycles. The number of likely N-dealkylation sites (tertiary alicyclic amines) is 1. The maximum Gasteiger partial charge on any atom is 0.167 e. The van der Waals surface area contributed by atoms with E-state index in [2.05, 4.69) is 11.0 Å². The molecule has 118 valence electrons. The topological polar surface area (TPSA) is 57.0 Å². The maximum absolute atomic E-state index is 6.03. The highest BCUT2D eigenvalue weighted by Gasteiger charge is 2.26. The van der Waals surface area contributed by atoms with Gasteiger partial charge in [-0.25, -0.2) is 0 Å². The van der Waals surface area contributed by atoms with Crippen LogP contribution in [0.5, 0.6) is 0 Å². The second-order valence-electron chi connectivity index (χ2n) is 5.94. The summed E-state index contributed by atoms with van der Waals surface area (Å²) in [7, 11) is 0. The zero-order valence-electron chi connectivity index (χ0n) is 12.6. The normalized spacial score (nSPS) is 27.2. The number of rotatable bonds is 5. The van der Waals surface area contributed by atoms with Crippen LogP contribution < -0.4 is 5.73 Å². The van der Waals surface area contributed by atoms with Crippen LogP contribution in [0.15, 0.2) is 23.7 Å². The molecule has 5 nitrogen and oxygen atoms in total. The predicted molar refractivity (Wildman–Crippen MR) is 80.6 cm³/mol. The van der Waals surface area contributed by atoms with Crippen LogP contribution in [0, 0.1) is 5.92 Å². The third-order valence-corrected chi connectivity index (χ3v) is 4.52. The first-order valence-corrected chi connectivity index (χ1v) is 8.07. The van der Waals surface area contributed by atoms with Gasteiger partial charge in [0, 0.05) is 6.54 Å². The van der Waals surface area contributed by atoms with Crippen molar-refractivity contribution in [3.8, 4) is 0 Å². The van der Waals surface area contributed by atoms with E-state index < -0.39 is 0 Å². The van der Waals surface area contributed by atoms with E-state index in [9.17, 15) is 0 Å². The van der Waals surface area contributed by atoms with Crippen molar-refractivity contribution in [2.45, 2.75) is 25.4 Å². The molecule has 0 aromatic rings. The molecular formula is C16H26N2O3. The van der Waals surface area contributed by atoms with Crippen molar-refractivity contribution in [2.24, 2.45) is 11.7 Å². The van der Waals surface area contributed by atoms with Crippen LogP contribution in [0.2, 0.25) is 0 Å². The summed E-state index contributed by atoms with van der Waals surface area (Å²) in [6.07, 6.45) is 7.42. The Hall–Kier alpha value is -1.04. The van der Waals surface area contributed by atoms with Crippen molar-refractivity contribution in [1.82, 2.24) is 4.90 Å². The fourth-order valence-electron chi connectivity index (χ4n) is 3.15. The summed E-state index contributed by atoms with van der Waals surface area (Å²) >= 11 is 0. The van der Waals surface area contributed by atoms with Gasteiger partial charge < -0.3 is 24.8 Å². The van der Waals surface area contributed by atoms with Crippen LogP contribution in [0.25, 0.3) is 0 Å². The molecule has 2 heterocycles. The van der Waals surface area contributed by atoms with Crippen LogP contribution in [0.1, 0.15) is 19.3 Å². The third kappa shape index (κ3) is 3.78. The van der Waals surface area contributed by atoms with Crippen LogP contribution in [-0.2, 0) is 14.2 Å². The number of nitrogens with zero attached hydrogens (tertiary/aromatic N) is 1. The highest BCUT2D eigenvalue weighted by Crippen LogP contribution is 2.26. The molecule has 0 radical (unpaired) electrons. The average molecular weight is 294 g/mol. The largest absolute Gasteiger partial charge is 0.488 e. The van der Waals surface area contributed by atoms with E-state index in [-0.39, 0.29) is 6.10 Å². The molecule has 1 saturated heterocycles. The molecule has 2 N–H and O–H groups in total. The number of ether oxygens (including phenoxy) is 3. The molecule has 0 aromatic carbocycles. The Bertz CT molecular complexity index is 400. The predicted octanol–water partition coefficient (Wildman–Crippen LogP) is 1.26. The molecule has 1 fully saturated rings. The molecule has 1 aliphatic carbocycles. The lowest BCUT2D eigenvalue weighted by Crippen LogP contribution is -2.38. The van der Waals surface area contributed by atoms with Gasteiger partial charge in [-0.1, -0.05) is 6.08 Å². The summed E-state index contributed by atoms with van der Waals surface area (Å²) < 4.78 is 17.3. The first kappa shape index (κ1) is 14.9. The minimum Gasteiger partial charge on any atom is -0.488 e. The molecule has 0 spiro atoms. The summed E-state index contributed by atoms with van der Waals surface area (Å²) in [4.78, 5) is 2.47. The van der Waals surface area contributed by atoms with Crippen LogP contribution >= 0.6 is 0 Å². The lowest BCUT2D eigenvalue weighted by Gasteiger charge is -2.32. The fourth-order valence-corrected chi connectivity index (χ4v) is 3.15. The van der Waals surface area contributed by atoms with Gasteiger partial charge in [0.25, 0.3) is 0 Å². The van der Waals surface area contributed by atoms with Gasteiger partial charge in [0.15, 0.2) is 11.5 Å². The Labute approximate surface area is 126 Å². The molecule has 0 bridgehead atoms. The number of hydrogen-bond donors (Lipinski definition) is 1. The standard InChI is InChI=1S/C16H26N2O3/c17-12-13-4-6-18(7-5-13)8-9-19-14-2-1-3-15-16(14)21-11-10-20-15/h1,3,13-14H,2,4-12,17H2. The summed E-state index contributed by atoms with van der Waals surface area (Å²) in [5.74, 6) is 2.44. The van der Waals surface area contributed by atoms with Gasteiger partial charge in [-0.05, 0) is 50.9 Å². The van der Waals surface area contributed by atoms with Gasteiger partial charge in [0.1, 0.15) is 19.3 Å². The smallest absolute Gasteiger partial charge is 0.167 e. The van der Waals surface area contributed by atoms with Crippen molar-refractivity contribution in [3.05, 3.63) is 23.7 Å². The van der Waals surface area contributed by atoms with Crippen LogP contribution in [0.4, 0.5) is 0 Å². The maximum atomic E-state index is 6.03. The SMILES string of the molecule is NCC1CCN(CCOC2CC=CC3=C2OCCO3)CC1. The van der Waals surface area contributed by atoms with Crippen LogP contribution in [0.3, 0.4) is 0 Å². The van der Waals surface area contributed by atoms with Gasteiger partial charge in [-0.3, -0.25) is 0 Å². The zero-order chi connectivity index (χ0) is 14.5. The van der Waals surface area contributed by atoms with E-state index in [1.54, 1.807) is 0 Å². The molecule has 0 aromatic heterocycles. The Balaban J connectivity index is 1.41. The summed E-state index contributed by atoms with van der Waals surface area (Å²) in [6.45, 7) is 6.09. The molecule has 2 aliphatic heterocycles. The number of nitrogens with two attached hydrogens (primary N) is 1. The van der Waals surface area contributed by atoms with Crippen molar-refractivity contribution in [2.75, 3.05) is 46.0 Å². The second kappa shape index (κ2) is 7.29. The lowest BCUT2D eigenvalue weighted by atomic mass is 9.97. The van der Waals surface area contributed by atoms with Gasteiger partial charge in [-0.15, -0.1) is 0 Å².